The minimum absolute atomic E-state index is 0.811. The van der Waals surface area contributed by atoms with E-state index >= 15 is 0 Å². The Balaban J connectivity index is 1.83. The minimum atomic E-state index is 0.811. The first-order valence-electron chi connectivity index (χ1n) is 8.09. The quantitative estimate of drug-likeness (QED) is 0.710. The molecule has 0 amide bonds. The highest BCUT2D eigenvalue weighted by molar-refractivity contribution is 5.32. The van der Waals surface area contributed by atoms with E-state index in [1.165, 1.54) is 51.6 Å². The third-order valence-electron chi connectivity index (χ3n) is 4.42. The number of hydrogen-bond donors (Lipinski definition) is 1. The Morgan fingerprint density at radius 3 is 2.95 bits per heavy atom. The summed E-state index contributed by atoms with van der Waals surface area (Å²) < 4.78 is 0. The summed E-state index contributed by atoms with van der Waals surface area (Å²) in [6.45, 7) is 7.00. The van der Waals surface area contributed by atoms with Crippen LogP contribution in [0.1, 0.15) is 63.0 Å². The van der Waals surface area contributed by atoms with E-state index in [9.17, 15) is 0 Å². The van der Waals surface area contributed by atoms with Gasteiger partial charge in [-0.2, -0.15) is 0 Å². The number of nitrogens with one attached hydrogen (secondary N) is 1. The fourth-order valence-corrected chi connectivity index (χ4v) is 3.35. The van der Waals surface area contributed by atoms with Crippen LogP contribution in [0.25, 0.3) is 0 Å². The average Bonchev–Trinajstić information content (AvgIpc) is 2.44. The summed E-state index contributed by atoms with van der Waals surface area (Å²) in [5.74, 6) is 1.65. The lowest BCUT2D eigenvalue weighted by Gasteiger charge is -2.27. The van der Waals surface area contributed by atoms with E-state index in [0.717, 1.165) is 11.8 Å². The van der Waals surface area contributed by atoms with Crippen LogP contribution in [0.15, 0.2) is 24.3 Å². The monoisotopic (exact) mass is 259 g/mol. The van der Waals surface area contributed by atoms with Crippen LogP contribution in [0.4, 0.5) is 0 Å². The van der Waals surface area contributed by atoms with Gasteiger partial charge in [0.25, 0.3) is 0 Å². The third kappa shape index (κ3) is 4.35. The van der Waals surface area contributed by atoms with Gasteiger partial charge < -0.3 is 5.32 Å². The molecular weight excluding hydrogens is 230 g/mol. The predicted octanol–water partition coefficient (Wildman–Crippen LogP) is 4.52. The van der Waals surface area contributed by atoms with Crippen LogP contribution in [-0.2, 0) is 6.42 Å². The van der Waals surface area contributed by atoms with E-state index < -0.39 is 0 Å². The Bertz CT molecular complexity index is 372. The molecule has 1 N–H and O–H groups in total. The third-order valence-corrected chi connectivity index (χ3v) is 4.42. The van der Waals surface area contributed by atoms with Crippen molar-refractivity contribution in [3.8, 4) is 0 Å². The Kier molecular flexibility index (Phi) is 5.91. The topological polar surface area (TPSA) is 12.0 Å². The zero-order valence-electron chi connectivity index (χ0n) is 12.6. The van der Waals surface area contributed by atoms with E-state index in [0.29, 0.717) is 0 Å². The van der Waals surface area contributed by atoms with E-state index in [2.05, 4.69) is 43.4 Å². The Labute approximate surface area is 118 Å². The van der Waals surface area contributed by atoms with Gasteiger partial charge in [0.1, 0.15) is 0 Å². The van der Waals surface area contributed by atoms with Crippen LogP contribution < -0.4 is 5.32 Å². The largest absolute Gasteiger partial charge is 0.317 e. The number of rotatable bonds is 7. The molecule has 1 aliphatic rings. The molecule has 0 heterocycles. The molecule has 1 aromatic rings. The van der Waals surface area contributed by atoms with Crippen molar-refractivity contribution < 1.29 is 0 Å². The summed E-state index contributed by atoms with van der Waals surface area (Å²) in [6, 6.07) is 9.10. The van der Waals surface area contributed by atoms with Gasteiger partial charge in [-0.15, -0.1) is 0 Å². The van der Waals surface area contributed by atoms with E-state index in [4.69, 9.17) is 0 Å². The molecule has 0 fully saturated rings. The van der Waals surface area contributed by atoms with Gasteiger partial charge in [0, 0.05) is 0 Å². The summed E-state index contributed by atoms with van der Waals surface area (Å²) in [6.07, 6.45) is 7.99. The molecule has 2 rings (SSSR count). The average molecular weight is 259 g/mol. The molecule has 2 unspecified atom stereocenters. The second-order valence-electron chi connectivity index (χ2n) is 6.17. The molecule has 0 saturated carbocycles. The summed E-state index contributed by atoms with van der Waals surface area (Å²) in [5, 5.41) is 3.52. The highest BCUT2D eigenvalue weighted by atomic mass is 14.8. The van der Waals surface area contributed by atoms with Crippen molar-refractivity contribution in [1.29, 1.82) is 0 Å². The number of aryl methyl sites for hydroxylation is 1. The lowest BCUT2D eigenvalue weighted by Crippen LogP contribution is -2.19. The summed E-state index contributed by atoms with van der Waals surface area (Å²) in [5.41, 5.74) is 3.25. The highest BCUT2D eigenvalue weighted by Gasteiger charge is 2.21. The second kappa shape index (κ2) is 7.69. The molecule has 1 heteroatoms. The molecule has 0 aromatic heterocycles. The molecular formula is C18H29N. The van der Waals surface area contributed by atoms with Crippen LogP contribution in [0.2, 0.25) is 0 Å². The second-order valence-corrected chi connectivity index (χ2v) is 6.17. The van der Waals surface area contributed by atoms with Crippen LogP contribution >= 0.6 is 0 Å². The lowest BCUT2D eigenvalue weighted by atomic mass is 9.78. The molecule has 0 saturated heterocycles. The normalized spacial score (nSPS) is 20.0. The molecule has 0 spiro atoms. The molecule has 1 nitrogen and oxygen atoms in total. The van der Waals surface area contributed by atoms with E-state index in [1.807, 2.05) is 0 Å². The van der Waals surface area contributed by atoms with Crippen molar-refractivity contribution in [3.63, 3.8) is 0 Å². The summed E-state index contributed by atoms with van der Waals surface area (Å²) in [7, 11) is 0. The fraction of sp³-hybridized carbons (Fsp3) is 0.667. The molecule has 0 radical (unpaired) electrons. The van der Waals surface area contributed by atoms with Crippen LogP contribution in [0.3, 0.4) is 0 Å². The summed E-state index contributed by atoms with van der Waals surface area (Å²) >= 11 is 0. The predicted molar refractivity (Wildman–Crippen MR) is 83.7 cm³/mol. The number of hydrogen-bond acceptors (Lipinski definition) is 1. The first kappa shape index (κ1) is 14.6. The van der Waals surface area contributed by atoms with Gasteiger partial charge in [0.15, 0.2) is 0 Å². The zero-order chi connectivity index (χ0) is 13.5. The number of benzene rings is 1. The summed E-state index contributed by atoms with van der Waals surface area (Å²) in [4.78, 5) is 0. The fourth-order valence-electron chi connectivity index (χ4n) is 3.35. The van der Waals surface area contributed by atoms with Gasteiger partial charge in [-0.3, -0.25) is 0 Å². The first-order chi connectivity index (χ1) is 9.31. The van der Waals surface area contributed by atoms with Crippen LogP contribution in [0.5, 0.6) is 0 Å². The molecule has 0 aliphatic heterocycles. The maximum atomic E-state index is 3.52. The Morgan fingerprint density at radius 2 is 2.11 bits per heavy atom. The SMILES string of the molecule is CCCNCCC(C)CC1CCCc2ccccc21. The lowest BCUT2D eigenvalue weighted by molar-refractivity contribution is 0.399. The molecule has 1 aromatic carbocycles. The van der Waals surface area contributed by atoms with Crippen molar-refractivity contribution in [3.05, 3.63) is 35.4 Å². The van der Waals surface area contributed by atoms with Gasteiger partial charge in [0.05, 0.1) is 0 Å². The van der Waals surface area contributed by atoms with Crippen molar-refractivity contribution in [2.24, 2.45) is 5.92 Å². The van der Waals surface area contributed by atoms with Gasteiger partial charge in [-0.25, -0.2) is 0 Å². The van der Waals surface area contributed by atoms with Gasteiger partial charge in [-0.05, 0) is 74.6 Å². The van der Waals surface area contributed by atoms with Gasteiger partial charge in [-0.1, -0.05) is 38.1 Å². The Morgan fingerprint density at radius 1 is 1.26 bits per heavy atom. The first-order valence-corrected chi connectivity index (χ1v) is 8.09. The van der Waals surface area contributed by atoms with Crippen molar-refractivity contribution >= 4 is 0 Å². The Hall–Kier alpha value is -0.820. The maximum Gasteiger partial charge on any atom is -0.00464 e. The van der Waals surface area contributed by atoms with E-state index in [1.54, 1.807) is 11.1 Å². The van der Waals surface area contributed by atoms with Crippen molar-refractivity contribution in [2.75, 3.05) is 13.1 Å². The zero-order valence-corrected chi connectivity index (χ0v) is 12.6. The highest BCUT2D eigenvalue weighted by Crippen LogP contribution is 2.36. The van der Waals surface area contributed by atoms with Crippen molar-refractivity contribution in [1.82, 2.24) is 5.32 Å². The molecule has 0 bridgehead atoms. The minimum Gasteiger partial charge on any atom is -0.317 e. The number of fused-ring (bicyclic) bond motifs is 1. The molecule has 2 atom stereocenters. The molecule has 19 heavy (non-hydrogen) atoms. The standard InChI is InChI=1S/C18H29N/c1-3-12-19-13-11-15(2)14-17-9-6-8-16-7-4-5-10-18(16)17/h4-5,7,10,15,17,19H,3,6,8-9,11-14H2,1-2H3. The van der Waals surface area contributed by atoms with Crippen LogP contribution in [0, 0.1) is 5.92 Å². The molecule has 106 valence electrons. The van der Waals surface area contributed by atoms with Crippen LogP contribution in [-0.4, -0.2) is 13.1 Å². The van der Waals surface area contributed by atoms with Crippen molar-refractivity contribution in [2.45, 2.75) is 58.3 Å². The van der Waals surface area contributed by atoms with E-state index in [-0.39, 0.29) is 0 Å². The maximum absolute atomic E-state index is 3.52. The smallest absolute Gasteiger partial charge is 0.00464 e. The van der Waals surface area contributed by atoms with Gasteiger partial charge in [0.2, 0.25) is 0 Å². The molecule has 1 aliphatic carbocycles. The van der Waals surface area contributed by atoms with Gasteiger partial charge >= 0.3 is 0 Å².